The summed E-state index contributed by atoms with van der Waals surface area (Å²) in [6.45, 7) is 4.57. The fourth-order valence-corrected chi connectivity index (χ4v) is 1.91. The molecular formula is C13H16F2N4O2. The molecule has 8 heteroatoms. The van der Waals surface area contributed by atoms with Gasteiger partial charge in [-0.2, -0.15) is 5.10 Å². The van der Waals surface area contributed by atoms with Crippen molar-refractivity contribution in [2.75, 3.05) is 0 Å². The summed E-state index contributed by atoms with van der Waals surface area (Å²) in [5, 5.41) is 12.3. The maximum atomic E-state index is 13.0. The first-order valence-corrected chi connectivity index (χ1v) is 6.34. The molecule has 2 aromatic rings. The predicted molar refractivity (Wildman–Crippen MR) is 73.0 cm³/mol. The normalized spacial score (nSPS) is 10.1. The van der Waals surface area contributed by atoms with Gasteiger partial charge in [0, 0.05) is 30.1 Å². The summed E-state index contributed by atoms with van der Waals surface area (Å²) >= 11 is 0. The summed E-state index contributed by atoms with van der Waals surface area (Å²) in [6.07, 6.45) is 1.14. The van der Waals surface area contributed by atoms with Gasteiger partial charge >= 0.3 is 0 Å². The van der Waals surface area contributed by atoms with E-state index in [2.05, 4.69) is 10.1 Å². The van der Waals surface area contributed by atoms with Gasteiger partial charge in [-0.1, -0.05) is 6.92 Å². The quantitative estimate of drug-likeness (QED) is 0.690. The second kappa shape index (κ2) is 8.03. The monoisotopic (exact) mass is 298 g/mol. The van der Waals surface area contributed by atoms with Crippen LogP contribution < -0.4 is 0 Å². The van der Waals surface area contributed by atoms with E-state index in [0.717, 1.165) is 12.1 Å². The van der Waals surface area contributed by atoms with Crippen LogP contribution in [-0.2, 0) is 13.0 Å². The second-order valence-electron chi connectivity index (χ2n) is 4.04. The molecule has 114 valence electrons. The first-order valence-electron chi connectivity index (χ1n) is 6.34. The molecule has 1 N–H and O–H groups in total. The Morgan fingerprint density at radius 1 is 1.43 bits per heavy atom. The fraction of sp³-hybridized carbons (Fsp3) is 0.385. The van der Waals surface area contributed by atoms with Crippen molar-refractivity contribution in [2.24, 2.45) is 5.34 Å². The Labute approximate surface area is 120 Å². The standard InChI is InChI=1S/C13H15F2N3.HNO2/c1-3-9-7-12(18(4-2)17-9)11-8-16-6-5-10(11)13(14)15;2-1-3/h5-8,13H,3-4H2,1-2H3;(H,2,3). The molecule has 0 aromatic carbocycles. The summed E-state index contributed by atoms with van der Waals surface area (Å²) in [4.78, 5) is 12.1. The average molecular weight is 298 g/mol. The van der Waals surface area contributed by atoms with E-state index < -0.39 is 6.43 Å². The Morgan fingerprint density at radius 3 is 2.62 bits per heavy atom. The van der Waals surface area contributed by atoms with E-state index in [4.69, 9.17) is 10.1 Å². The van der Waals surface area contributed by atoms with Gasteiger partial charge in [0.25, 0.3) is 6.43 Å². The minimum absolute atomic E-state index is 0.00209. The number of alkyl halides is 2. The maximum absolute atomic E-state index is 13.0. The van der Waals surface area contributed by atoms with Crippen molar-refractivity contribution in [3.05, 3.63) is 40.7 Å². The van der Waals surface area contributed by atoms with Crippen molar-refractivity contribution in [1.29, 1.82) is 0 Å². The average Bonchev–Trinajstić information content (AvgIpc) is 2.91. The third kappa shape index (κ3) is 4.04. The van der Waals surface area contributed by atoms with Crippen LogP contribution in [0.25, 0.3) is 11.3 Å². The van der Waals surface area contributed by atoms with Crippen molar-refractivity contribution < 1.29 is 14.0 Å². The van der Waals surface area contributed by atoms with Gasteiger partial charge in [0.2, 0.25) is 0 Å². The van der Waals surface area contributed by atoms with Crippen LogP contribution in [0.3, 0.4) is 0 Å². The Balaban J connectivity index is 0.000000677. The van der Waals surface area contributed by atoms with Crippen molar-refractivity contribution >= 4 is 0 Å². The van der Waals surface area contributed by atoms with Crippen LogP contribution in [0.1, 0.15) is 31.5 Å². The van der Waals surface area contributed by atoms with E-state index in [1.165, 1.54) is 23.8 Å². The topological polar surface area (TPSA) is 80.4 Å². The minimum atomic E-state index is -2.51. The highest BCUT2D eigenvalue weighted by atomic mass is 19.3. The van der Waals surface area contributed by atoms with Crippen LogP contribution in [-0.4, -0.2) is 20.0 Å². The van der Waals surface area contributed by atoms with Crippen LogP contribution >= 0.6 is 0 Å². The van der Waals surface area contributed by atoms with Gasteiger partial charge in [0.1, 0.15) is 0 Å². The van der Waals surface area contributed by atoms with E-state index >= 15 is 0 Å². The summed E-state index contributed by atoms with van der Waals surface area (Å²) in [6, 6.07) is 3.21. The Kier molecular flexibility index (Phi) is 6.38. The van der Waals surface area contributed by atoms with Crippen molar-refractivity contribution in [3.63, 3.8) is 0 Å². The second-order valence-corrected chi connectivity index (χ2v) is 4.04. The number of pyridine rings is 1. The molecule has 21 heavy (non-hydrogen) atoms. The first-order chi connectivity index (χ1) is 10.1. The number of aromatic nitrogens is 3. The van der Waals surface area contributed by atoms with Crippen LogP contribution in [0.5, 0.6) is 0 Å². The fourth-order valence-electron chi connectivity index (χ4n) is 1.91. The highest BCUT2D eigenvalue weighted by Crippen LogP contribution is 2.30. The first kappa shape index (κ1) is 16.7. The van der Waals surface area contributed by atoms with E-state index in [0.29, 0.717) is 17.8 Å². The van der Waals surface area contributed by atoms with E-state index in [1.54, 1.807) is 4.68 Å². The molecule has 0 amide bonds. The number of aryl methyl sites for hydroxylation is 2. The third-order valence-corrected chi connectivity index (χ3v) is 2.86. The lowest BCUT2D eigenvalue weighted by atomic mass is 10.1. The third-order valence-electron chi connectivity index (χ3n) is 2.86. The van der Waals surface area contributed by atoms with Crippen LogP contribution in [0.4, 0.5) is 8.78 Å². The molecule has 0 fully saturated rings. The zero-order valence-electron chi connectivity index (χ0n) is 11.7. The molecular weight excluding hydrogens is 282 g/mol. The van der Waals surface area contributed by atoms with Gasteiger partial charge in [-0.15, -0.1) is 4.91 Å². The summed E-state index contributed by atoms with van der Waals surface area (Å²) in [7, 11) is 0. The summed E-state index contributed by atoms with van der Waals surface area (Å²) in [5.74, 6) is 0. The lowest BCUT2D eigenvalue weighted by Gasteiger charge is -2.09. The maximum Gasteiger partial charge on any atom is 0.264 e. The minimum Gasteiger partial charge on any atom is -0.379 e. The summed E-state index contributed by atoms with van der Waals surface area (Å²) in [5.41, 5.74) is 2.07. The van der Waals surface area contributed by atoms with Gasteiger partial charge in [-0.3, -0.25) is 9.67 Å². The molecule has 0 saturated carbocycles. The molecule has 0 unspecified atom stereocenters. The van der Waals surface area contributed by atoms with Gasteiger partial charge in [0.15, 0.2) is 5.34 Å². The van der Waals surface area contributed by atoms with Crippen LogP contribution in [0.15, 0.2) is 29.9 Å². The molecule has 0 aliphatic heterocycles. The number of nitrogens with zero attached hydrogens (tertiary/aromatic N) is 4. The number of hydrogen-bond donors (Lipinski definition) is 1. The summed E-state index contributed by atoms with van der Waals surface area (Å²) < 4.78 is 27.7. The SMILES string of the molecule is CCc1cc(-c2cnccc2C(F)F)n(CC)n1.O=NO. The predicted octanol–water partition coefficient (Wildman–Crippen LogP) is 3.61. The molecule has 6 nitrogen and oxygen atoms in total. The molecule has 0 radical (unpaired) electrons. The lowest BCUT2D eigenvalue weighted by molar-refractivity contribution is 0.152. The van der Waals surface area contributed by atoms with Gasteiger partial charge in [0.05, 0.1) is 11.4 Å². The van der Waals surface area contributed by atoms with E-state index in [1.807, 2.05) is 19.9 Å². The molecule has 2 aromatic heterocycles. The highest BCUT2D eigenvalue weighted by Gasteiger charge is 2.17. The number of rotatable bonds is 4. The largest absolute Gasteiger partial charge is 0.379 e. The van der Waals surface area contributed by atoms with Crippen LogP contribution in [0, 0.1) is 4.91 Å². The molecule has 0 aliphatic rings. The smallest absolute Gasteiger partial charge is 0.264 e. The molecule has 0 spiro atoms. The molecule has 2 rings (SSSR count). The van der Waals surface area contributed by atoms with Gasteiger partial charge < -0.3 is 5.21 Å². The molecule has 0 atom stereocenters. The molecule has 0 aliphatic carbocycles. The van der Waals surface area contributed by atoms with Gasteiger partial charge in [-0.05, 0) is 25.5 Å². The zero-order valence-corrected chi connectivity index (χ0v) is 11.7. The highest BCUT2D eigenvalue weighted by molar-refractivity contribution is 5.63. The Hall–Kier alpha value is -2.38. The lowest BCUT2D eigenvalue weighted by Crippen LogP contribution is -2.02. The molecule has 0 saturated heterocycles. The molecule has 2 heterocycles. The molecule has 0 bridgehead atoms. The van der Waals surface area contributed by atoms with Crippen molar-refractivity contribution in [3.8, 4) is 11.3 Å². The number of halogens is 2. The van der Waals surface area contributed by atoms with E-state index in [-0.39, 0.29) is 5.56 Å². The van der Waals surface area contributed by atoms with Gasteiger partial charge in [-0.25, -0.2) is 8.78 Å². The number of hydrogen-bond acceptors (Lipinski definition) is 4. The van der Waals surface area contributed by atoms with Crippen molar-refractivity contribution in [1.82, 2.24) is 14.8 Å². The Morgan fingerprint density at radius 2 is 2.10 bits per heavy atom. The zero-order chi connectivity index (χ0) is 15.8. The van der Waals surface area contributed by atoms with Crippen molar-refractivity contribution in [2.45, 2.75) is 33.2 Å². The van der Waals surface area contributed by atoms with E-state index in [9.17, 15) is 8.78 Å². The Bertz CT molecular complexity index is 587. The van der Waals surface area contributed by atoms with Crippen LogP contribution in [0.2, 0.25) is 0 Å².